The van der Waals surface area contributed by atoms with Crippen LogP contribution < -0.4 is 10.2 Å². The minimum absolute atomic E-state index is 0.0685. The van der Waals surface area contributed by atoms with Gasteiger partial charge in [-0.25, -0.2) is 23.1 Å². The zero-order valence-electron chi connectivity index (χ0n) is 19.9. The molecule has 0 spiro atoms. The number of piperidine rings is 1. The van der Waals surface area contributed by atoms with Gasteiger partial charge in [-0.2, -0.15) is 4.72 Å². The van der Waals surface area contributed by atoms with E-state index >= 15 is 0 Å². The molecular weight excluding hydrogens is 553 g/mol. The molecule has 2 aromatic carbocycles. The van der Waals surface area contributed by atoms with Crippen molar-refractivity contribution < 1.29 is 27.2 Å². The smallest absolute Gasteiger partial charge is 0.262 e. The zero-order valence-corrected chi connectivity index (χ0v) is 22.3. The molecule has 2 aliphatic heterocycles. The van der Waals surface area contributed by atoms with Gasteiger partial charge in [0, 0.05) is 30.6 Å². The van der Waals surface area contributed by atoms with Gasteiger partial charge in [0.15, 0.2) is 6.29 Å². The lowest BCUT2D eigenvalue weighted by molar-refractivity contribution is -0.201. The second-order valence-electron chi connectivity index (χ2n) is 9.20. The van der Waals surface area contributed by atoms with E-state index in [1.165, 1.54) is 24.3 Å². The van der Waals surface area contributed by atoms with Gasteiger partial charge in [-0.15, -0.1) is 0 Å². The third-order valence-corrected chi connectivity index (χ3v) is 8.44. The number of nitrogens with one attached hydrogen (secondary N) is 2. The van der Waals surface area contributed by atoms with Crippen molar-refractivity contribution in [1.29, 1.82) is 0 Å². The Labute approximate surface area is 219 Å². The minimum Gasteiger partial charge on any atom is -0.350 e. The van der Waals surface area contributed by atoms with E-state index in [0.29, 0.717) is 32.5 Å². The Bertz CT molecular complexity index is 1110. The summed E-state index contributed by atoms with van der Waals surface area (Å²) in [6.45, 7) is 2.43. The van der Waals surface area contributed by atoms with Gasteiger partial charge in [0.05, 0.1) is 4.90 Å². The largest absolute Gasteiger partial charge is 0.350 e. The van der Waals surface area contributed by atoms with E-state index < -0.39 is 28.3 Å². The highest BCUT2D eigenvalue weighted by molar-refractivity contribution is 9.10. The van der Waals surface area contributed by atoms with E-state index in [9.17, 15) is 17.6 Å². The Hall–Kier alpha value is -1.89. The van der Waals surface area contributed by atoms with Crippen LogP contribution in [-0.4, -0.2) is 51.3 Å². The van der Waals surface area contributed by atoms with Crippen molar-refractivity contribution in [3.05, 3.63) is 64.4 Å². The van der Waals surface area contributed by atoms with Gasteiger partial charge in [-0.3, -0.25) is 9.69 Å². The SMILES string of the molecule is O=C(NOC1CCCCO1)C(NS(=O)(=O)c1ccc(Br)cc1)C1CCCN(Cc2ccc(F)cc2)C1. The highest BCUT2D eigenvalue weighted by Gasteiger charge is 2.36. The molecule has 0 bridgehead atoms. The number of benzene rings is 2. The number of amides is 1. The fourth-order valence-electron chi connectivity index (χ4n) is 4.56. The second-order valence-corrected chi connectivity index (χ2v) is 11.8. The maximum atomic E-state index is 13.3. The molecule has 3 unspecified atom stereocenters. The third-order valence-electron chi connectivity index (χ3n) is 6.45. The molecule has 2 saturated heterocycles. The number of hydrogen-bond donors (Lipinski definition) is 2. The average molecular weight is 585 g/mol. The number of ether oxygens (including phenoxy) is 1. The molecule has 2 aromatic rings. The standard InChI is InChI=1S/C25H31BrFN3O5S/c26-20-8-12-22(13-9-20)36(32,33)29-24(25(31)28-35-23-5-1-2-15-34-23)19-4-3-14-30(17-19)16-18-6-10-21(27)11-7-18/h6-13,19,23-24,29H,1-5,14-17H2,(H,28,31). The number of nitrogens with zero attached hydrogens (tertiary/aromatic N) is 1. The van der Waals surface area contributed by atoms with Crippen LogP contribution in [0.3, 0.4) is 0 Å². The highest BCUT2D eigenvalue weighted by atomic mass is 79.9. The van der Waals surface area contributed by atoms with Crippen molar-refractivity contribution in [3.63, 3.8) is 0 Å². The number of sulfonamides is 1. The van der Waals surface area contributed by atoms with Crippen LogP contribution in [0.5, 0.6) is 0 Å². The molecule has 0 aromatic heterocycles. The molecule has 8 nitrogen and oxygen atoms in total. The number of carbonyl (C=O) groups is 1. The summed E-state index contributed by atoms with van der Waals surface area (Å²) >= 11 is 3.31. The molecule has 36 heavy (non-hydrogen) atoms. The van der Waals surface area contributed by atoms with Gasteiger partial charge < -0.3 is 4.74 Å². The molecule has 1 amide bonds. The van der Waals surface area contributed by atoms with Crippen LogP contribution in [0, 0.1) is 11.7 Å². The van der Waals surface area contributed by atoms with Crippen LogP contribution in [-0.2, 0) is 30.9 Å². The summed E-state index contributed by atoms with van der Waals surface area (Å²) in [4.78, 5) is 21.0. The molecule has 2 aliphatic rings. The summed E-state index contributed by atoms with van der Waals surface area (Å²) in [5.74, 6) is -1.14. The van der Waals surface area contributed by atoms with Crippen molar-refractivity contribution in [2.75, 3.05) is 19.7 Å². The van der Waals surface area contributed by atoms with Crippen LogP contribution in [0.2, 0.25) is 0 Å². The number of hydroxylamine groups is 1. The summed E-state index contributed by atoms with van der Waals surface area (Å²) in [5.41, 5.74) is 3.40. The van der Waals surface area contributed by atoms with Crippen molar-refractivity contribution in [3.8, 4) is 0 Å². The topological polar surface area (TPSA) is 97.0 Å². The number of carbonyl (C=O) groups excluding carboxylic acids is 1. The zero-order chi connectivity index (χ0) is 25.5. The van der Waals surface area contributed by atoms with Gasteiger partial charge in [0.25, 0.3) is 5.91 Å². The van der Waals surface area contributed by atoms with E-state index in [0.717, 1.165) is 35.8 Å². The number of likely N-dealkylation sites (tertiary alicyclic amines) is 1. The van der Waals surface area contributed by atoms with Gasteiger partial charge in [-0.05, 0) is 80.1 Å². The predicted molar refractivity (Wildman–Crippen MR) is 135 cm³/mol. The molecule has 0 aliphatic carbocycles. The lowest BCUT2D eigenvalue weighted by Crippen LogP contribution is -2.55. The monoisotopic (exact) mass is 583 g/mol. The highest BCUT2D eigenvalue weighted by Crippen LogP contribution is 2.24. The Balaban J connectivity index is 1.49. The summed E-state index contributed by atoms with van der Waals surface area (Å²) in [5, 5.41) is 0. The average Bonchev–Trinajstić information content (AvgIpc) is 2.88. The summed E-state index contributed by atoms with van der Waals surface area (Å²) in [6.07, 6.45) is 3.44. The van der Waals surface area contributed by atoms with E-state index in [4.69, 9.17) is 9.57 Å². The normalized spacial score (nSPS) is 22.2. The molecular formula is C25H31BrFN3O5S. The second kappa shape index (κ2) is 12.6. The fourth-order valence-corrected chi connectivity index (χ4v) is 6.09. The van der Waals surface area contributed by atoms with Gasteiger partial charge in [0.2, 0.25) is 10.0 Å². The lowest BCUT2D eigenvalue weighted by Gasteiger charge is -2.36. The Morgan fingerprint density at radius 2 is 1.86 bits per heavy atom. The van der Waals surface area contributed by atoms with Crippen LogP contribution >= 0.6 is 15.9 Å². The van der Waals surface area contributed by atoms with Crippen LogP contribution in [0.4, 0.5) is 4.39 Å². The van der Waals surface area contributed by atoms with Crippen LogP contribution in [0.15, 0.2) is 57.9 Å². The number of hydrogen-bond acceptors (Lipinski definition) is 6. The van der Waals surface area contributed by atoms with Crippen LogP contribution in [0.25, 0.3) is 0 Å². The third kappa shape index (κ3) is 7.56. The van der Waals surface area contributed by atoms with Gasteiger partial charge in [0.1, 0.15) is 11.9 Å². The summed E-state index contributed by atoms with van der Waals surface area (Å²) < 4.78 is 48.6. The summed E-state index contributed by atoms with van der Waals surface area (Å²) in [7, 11) is -3.97. The molecule has 11 heteroatoms. The Morgan fingerprint density at radius 1 is 1.11 bits per heavy atom. The van der Waals surface area contributed by atoms with E-state index in [1.807, 2.05) is 0 Å². The van der Waals surface area contributed by atoms with Crippen molar-refractivity contribution in [2.45, 2.75) is 55.9 Å². The molecule has 2 heterocycles. The molecule has 0 saturated carbocycles. The number of halogens is 2. The van der Waals surface area contributed by atoms with E-state index in [2.05, 4.69) is 31.0 Å². The molecule has 196 valence electrons. The maximum absolute atomic E-state index is 13.3. The molecule has 4 rings (SSSR count). The van der Waals surface area contributed by atoms with Gasteiger partial charge >= 0.3 is 0 Å². The first-order chi connectivity index (χ1) is 17.3. The van der Waals surface area contributed by atoms with E-state index in [-0.39, 0.29) is 16.6 Å². The maximum Gasteiger partial charge on any atom is 0.262 e. The quantitative estimate of drug-likeness (QED) is 0.437. The summed E-state index contributed by atoms with van der Waals surface area (Å²) in [6, 6.07) is 11.5. The first-order valence-electron chi connectivity index (χ1n) is 12.1. The van der Waals surface area contributed by atoms with Gasteiger partial charge in [-0.1, -0.05) is 28.1 Å². The molecule has 0 radical (unpaired) electrons. The van der Waals surface area contributed by atoms with E-state index in [1.54, 1.807) is 24.3 Å². The first kappa shape index (κ1) is 27.2. The van der Waals surface area contributed by atoms with Crippen LogP contribution in [0.1, 0.15) is 37.7 Å². The van der Waals surface area contributed by atoms with Crippen molar-refractivity contribution in [2.24, 2.45) is 5.92 Å². The van der Waals surface area contributed by atoms with Crippen molar-refractivity contribution in [1.82, 2.24) is 15.1 Å². The first-order valence-corrected chi connectivity index (χ1v) is 14.4. The predicted octanol–water partition coefficient (Wildman–Crippen LogP) is 3.72. The Kier molecular flexibility index (Phi) is 9.48. The minimum atomic E-state index is -3.97. The Morgan fingerprint density at radius 3 is 2.56 bits per heavy atom. The fraction of sp³-hybridized carbons (Fsp3) is 0.480. The number of rotatable bonds is 9. The lowest BCUT2D eigenvalue weighted by atomic mass is 9.90. The molecule has 2 fully saturated rings. The van der Waals surface area contributed by atoms with Crippen molar-refractivity contribution >= 4 is 31.9 Å². The molecule has 3 atom stereocenters. The molecule has 2 N–H and O–H groups in total.